The van der Waals surface area contributed by atoms with E-state index in [0.29, 0.717) is 11.5 Å². The molecule has 2 nitrogen and oxygen atoms in total. The van der Waals surface area contributed by atoms with Crippen LogP contribution in [0.4, 0.5) is 0 Å². The fourth-order valence-electron chi connectivity index (χ4n) is 2.13. The number of hydrogen-bond acceptors (Lipinski definition) is 2. The van der Waals surface area contributed by atoms with Gasteiger partial charge in [0.05, 0.1) is 0 Å². The largest absolute Gasteiger partial charge is 0.328 e. The van der Waals surface area contributed by atoms with Crippen LogP contribution in [0.1, 0.15) is 47.0 Å². The summed E-state index contributed by atoms with van der Waals surface area (Å²) in [6, 6.07) is 0.370. The summed E-state index contributed by atoms with van der Waals surface area (Å²) in [6.07, 6.45) is 3.89. The van der Waals surface area contributed by atoms with Crippen LogP contribution >= 0.6 is 0 Å². The van der Waals surface area contributed by atoms with Crippen LogP contribution in [-0.2, 0) is 0 Å². The lowest BCUT2D eigenvalue weighted by Crippen LogP contribution is -2.31. The van der Waals surface area contributed by atoms with Crippen LogP contribution in [0.15, 0.2) is 0 Å². The van der Waals surface area contributed by atoms with Crippen LogP contribution in [-0.4, -0.2) is 30.6 Å². The second-order valence-corrected chi connectivity index (χ2v) is 5.98. The van der Waals surface area contributed by atoms with Crippen molar-refractivity contribution >= 4 is 0 Å². The third kappa shape index (κ3) is 4.12. The zero-order valence-corrected chi connectivity index (χ0v) is 10.9. The number of likely N-dealkylation sites (tertiary alicyclic amines) is 1. The molecule has 0 radical (unpaired) electrons. The first-order valence-corrected chi connectivity index (χ1v) is 6.42. The Bertz CT molecular complexity index is 187. The van der Waals surface area contributed by atoms with E-state index >= 15 is 0 Å². The molecule has 1 heterocycles. The first-order valence-electron chi connectivity index (χ1n) is 6.42. The van der Waals surface area contributed by atoms with Crippen molar-refractivity contribution < 1.29 is 0 Å². The highest BCUT2D eigenvalue weighted by Gasteiger charge is 2.26. The van der Waals surface area contributed by atoms with Gasteiger partial charge in [-0.1, -0.05) is 27.2 Å². The second-order valence-electron chi connectivity index (χ2n) is 5.98. The molecule has 15 heavy (non-hydrogen) atoms. The van der Waals surface area contributed by atoms with Crippen molar-refractivity contribution in [2.45, 2.75) is 53.0 Å². The lowest BCUT2D eigenvalue weighted by atomic mass is 9.86. The van der Waals surface area contributed by atoms with Gasteiger partial charge in [-0.2, -0.15) is 0 Å². The average molecular weight is 212 g/mol. The minimum Gasteiger partial charge on any atom is -0.328 e. The van der Waals surface area contributed by atoms with Crippen molar-refractivity contribution in [3.8, 4) is 0 Å². The third-order valence-corrected chi connectivity index (χ3v) is 4.11. The summed E-state index contributed by atoms with van der Waals surface area (Å²) in [6.45, 7) is 12.9. The van der Waals surface area contributed by atoms with Crippen molar-refractivity contribution in [1.29, 1.82) is 0 Å². The number of rotatable bonds is 5. The molecular weight excluding hydrogens is 184 g/mol. The van der Waals surface area contributed by atoms with Gasteiger partial charge in [0, 0.05) is 12.6 Å². The SMILES string of the molecule is CCC(C)(C)CCN1CCC(C(C)N)C1. The molecule has 2 N–H and O–H groups in total. The molecule has 0 bridgehead atoms. The molecule has 2 atom stereocenters. The van der Waals surface area contributed by atoms with Crippen molar-refractivity contribution in [3.63, 3.8) is 0 Å². The van der Waals surface area contributed by atoms with Crippen molar-refractivity contribution in [2.24, 2.45) is 17.1 Å². The highest BCUT2D eigenvalue weighted by molar-refractivity contribution is 4.81. The van der Waals surface area contributed by atoms with Gasteiger partial charge in [0.2, 0.25) is 0 Å². The molecule has 1 saturated heterocycles. The fraction of sp³-hybridized carbons (Fsp3) is 1.00. The summed E-state index contributed by atoms with van der Waals surface area (Å²) in [7, 11) is 0. The molecule has 2 heteroatoms. The third-order valence-electron chi connectivity index (χ3n) is 4.11. The van der Waals surface area contributed by atoms with Gasteiger partial charge < -0.3 is 10.6 Å². The quantitative estimate of drug-likeness (QED) is 0.758. The van der Waals surface area contributed by atoms with Crippen molar-refractivity contribution in [1.82, 2.24) is 4.90 Å². The highest BCUT2D eigenvalue weighted by atomic mass is 15.1. The molecule has 0 amide bonds. The Kier molecular flexibility index (Phi) is 4.60. The normalized spacial score (nSPS) is 25.8. The van der Waals surface area contributed by atoms with Crippen LogP contribution in [0.5, 0.6) is 0 Å². The molecule has 0 aromatic rings. The second kappa shape index (κ2) is 5.31. The average Bonchev–Trinajstić information content (AvgIpc) is 2.63. The summed E-state index contributed by atoms with van der Waals surface area (Å²) < 4.78 is 0. The van der Waals surface area contributed by atoms with Crippen LogP contribution in [0, 0.1) is 11.3 Å². The van der Waals surface area contributed by atoms with E-state index in [-0.39, 0.29) is 0 Å². The first-order chi connectivity index (χ1) is 6.94. The molecule has 0 spiro atoms. The molecular formula is C13H28N2. The van der Waals surface area contributed by atoms with E-state index in [2.05, 4.69) is 32.6 Å². The highest BCUT2D eigenvalue weighted by Crippen LogP contribution is 2.26. The van der Waals surface area contributed by atoms with Crippen LogP contribution in [0.25, 0.3) is 0 Å². The Morgan fingerprint density at radius 1 is 1.47 bits per heavy atom. The Labute approximate surface area is 95.2 Å². The Morgan fingerprint density at radius 2 is 2.13 bits per heavy atom. The smallest absolute Gasteiger partial charge is 0.00514 e. The van der Waals surface area contributed by atoms with Crippen LogP contribution in [0.3, 0.4) is 0 Å². The molecule has 0 aliphatic carbocycles. The van der Waals surface area contributed by atoms with Crippen molar-refractivity contribution in [2.75, 3.05) is 19.6 Å². The van der Waals surface area contributed by atoms with E-state index in [1.807, 2.05) is 0 Å². The number of nitrogens with two attached hydrogens (primary N) is 1. The van der Waals surface area contributed by atoms with E-state index < -0.39 is 0 Å². The maximum absolute atomic E-state index is 5.94. The van der Waals surface area contributed by atoms with E-state index in [1.165, 1.54) is 38.9 Å². The minimum absolute atomic E-state index is 0.370. The molecule has 0 saturated carbocycles. The predicted octanol–water partition coefficient (Wildman–Crippen LogP) is 2.48. The molecule has 1 fully saturated rings. The predicted molar refractivity (Wildman–Crippen MR) is 66.9 cm³/mol. The molecule has 1 aliphatic heterocycles. The summed E-state index contributed by atoms with van der Waals surface area (Å²) in [4.78, 5) is 2.59. The Hall–Kier alpha value is -0.0800. The van der Waals surface area contributed by atoms with Gasteiger partial charge in [0.15, 0.2) is 0 Å². The van der Waals surface area contributed by atoms with Gasteiger partial charge in [0.25, 0.3) is 0 Å². The lowest BCUT2D eigenvalue weighted by Gasteiger charge is -2.26. The van der Waals surface area contributed by atoms with Gasteiger partial charge >= 0.3 is 0 Å². The van der Waals surface area contributed by atoms with E-state index in [0.717, 1.165) is 5.92 Å². The standard InChI is InChI=1S/C13H28N2/c1-5-13(3,4)7-9-15-8-6-12(10-15)11(2)14/h11-12H,5-10,14H2,1-4H3. The van der Waals surface area contributed by atoms with Crippen LogP contribution in [0.2, 0.25) is 0 Å². The minimum atomic E-state index is 0.370. The van der Waals surface area contributed by atoms with Gasteiger partial charge in [-0.25, -0.2) is 0 Å². The lowest BCUT2D eigenvalue weighted by molar-refractivity contribution is 0.235. The van der Waals surface area contributed by atoms with Gasteiger partial charge in [-0.3, -0.25) is 0 Å². The molecule has 2 unspecified atom stereocenters. The first kappa shape index (κ1) is 13.0. The van der Waals surface area contributed by atoms with Gasteiger partial charge in [-0.15, -0.1) is 0 Å². The maximum Gasteiger partial charge on any atom is 0.00514 e. The topological polar surface area (TPSA) is 29.3 Å². The zero-order chi connectivity index (χ0) is 11.5. The van der Waals surface area contributed by atoms with E-state index in [4.69, 9.17) is 5.73 Å². The summed E-state index contributed by atoms with van der Waals surface area (Å²) >= 11 is 0. The van der Waals surface area contributed by atoms with Crippen molar-refractivity contribution in [3.05, 3.63) is 0 Å². The summed E-state index contributed by atoms with van der Waals surface area (Å²) in [5, 5.41) is 0. The monoisotopic (exact) mass is 212 g/mol. The zero-order valence-electron chi connectivity index (χ0n) is 10.9. The summed E-state index contributed by atoms with van der Waals surface area (Å²) in [5.41, 5.74) is 6.45. The van der Waals surface area contributed by atoms with Gasteiger partial charge in [0.1, 0.15) is 0 Å². The number of hydrogen-bond donors (Lipinski definition) is 1. The number of nitrogens with zero attached hydrogens (tertiary/aromatic N) is 1. The van der Waals surface area contributed by atoms with Crippen LogP contribution < -0.4 is 5.73 Å². The Balaban J connectivity index is 2.25. The molecule has 0 aromatic heterocycles. The van der Waals surface area contributed by atoms with Gasteiger partial charge in [-0.05, 0) is 44.2 Å². The van der Waals surface area contributed by atoms with E-state index in [9.17, 15) is 0 Å². The molecule has 0 aromatic carbocycles. The maximum atomic E-state index is 5.94. The summed E-state index contributed by atoms with van der Waals surface area (Å²) in [5.74, 6) is 0.731. The molecule has 1 rings (SSSR count). The van der Waals surface area contributed by atoms with E-state index in [1.54, 1.807) is 0 Å². The fourth-order valence-corrected chi connectivity index (χ4v) is 2.13. The molecule has 1 aliphatic rings. The Morgan fingerprint density at radius 3 is 2.60 bits per heavy atom. The molecule has 90 valence electrons.